The lowest BCUT2D eigenvalue weighted by molar-refractivity contribution is -0.0460. The van der Waals surface area contributed by atoms with E-state index in [0.717, 1.165) is 57.0 Å². The summed E-state index contributed by atoms with van der Waals surface area (Å²) in [6.45, 7) is 7.83. The Kier molecular flexibility index (Phi) is 3.84. The lowest BCUT2D eigenvalue weighted by Gasteiger charge is -2.38. The van der Waals surface area contributed by atoms with Gasteiger partial charge in [-0.1, -0.05) is 5.16 Å². The minimum absolute atomic E-state index is 0.0654. The molecule has 0 N–H and O–H groups in total. The van der Waals surface area contributed by atoms with Gasteiger partial charge in [0, 0.05) is 38.7 Å². The summed E-state index contributed by atoms with van der Waals surface area (Å²) in [7, 11) is 1.78. The second-order valence-electron chi connectivity index (χ2n) is 6.13. The van der Waals surface area contributed by atoms with Crippen molar-refractivity contribution in [1.29, 1.82) is 0 Å². The van der Waals surface area contributed by atoms with Gasteiger partial charge >= 0.3 is 0 Å². The highest BCUT2D eigenvalue weighted by molar-refractivity contribution is 5.20. The number of hydrogen-bond acceptors (Lipinski definition) is 5. The molecule has 0 saturated carbocycles. The third kappa shape index (κ3) is 2.62. The lowest BCUT2D eigenvalue weighted by atomic mass is 9.88. The van der Waals surface area contributed by atoms with Crippen LogP contribution in [0.3, 0.4) is 0 Å². The Morgan fingerprint density at radius 3 is 2.65 bits per heavy atom. The summed E-state index contributed by atoms with van der Waals surface area (Å²) in [6, 6.07) is 0. The monoisotopic (exact) mass is 280 g/mol. The summed E-state index contributed by atoms with van der Waals surface area (Å²) in [5, 5.41) is 4.03. The van der Waals surface area contributed by atoms with Crippen LogP contribution in [0.4, 0.5) is 0 Å². The van der Waals surface area contributed by atoms with Gasteiger partial charge in [-0.25, -0.2) is 0 Å². The Labute approximate surface area is 120 Å². The molecule has 2 saturated heterocycles. The number of aromatic nitrogens is 1. The molecule has 112 valence electrons. The van der Waals surface area contributed by atoms with Crippen molar-refractivity contribution >= 4 is 0 Å². The van der Waals surface area contributed by atoms with Gasteiger partial charge < -0.3 is 14.0 Å². The first kappa shape index (κ1) is 14.0. The smallest absolute Gasteiger partial charge is 0.138 e. The number of likely N-dealkylation sites (tertiary alicyclic amines) is 1. The van der Waals surface area contributed by atoms with E-state index < -0.39 is 0 Å². The second-order valence-corrected chi connectivity index (χ2v) is 6.13. The van der Waals surface area contributed by atoms with E-state index in [0.29, 0.717) is 0 Å². The fourth-order valence-corrected chi connectivity index (χ4v) is 3.37. The van der Waals surface area contributed by atoms with E-state index in [1.54, 1.807) is 7.11 Å². The average Bonchev–Trinajstić information content (AvgIpc) is 3.00. The lowest BCUT2D eigenvalue weighted by Crippen LogP contribution is -2.44. The molecule has 0 amide bonds. The van der Waals surface area contributed by atoms with E-state index in [2.05, 4.69) is 10.1 Å². The molecular formula is C15H24N2O3. The zero-order chi connectivity index (χ0) is 14.2. The van der Waals surface area contributed by atoms with Crippen molar-refractivity contribution in [3.63, 3.8) is 0 Å². The zero-order valence-electron chi connectivity index (χ0n) is 12.6. The van der Waals surface area contributed by atoms with E-state index in [4.69, 9.17) is 14.0 Å². The molecule has 2 aliphatic rings. The average molecular weight is 280 g/mol. The number of methoxy groups -OCH3 is 1. The predicted octanol–water partition coefficient (Wildman–Crippen LogP) is 2.06. The second kappa shape index (κ2) is 5.47. The fourth-order valence-electron chi connectivity index (χ4n) is 3.37. The van der Waals surface area contributed by atoms with Crippen LogP contribution in [0.25, 0.3) is 0 Å². The maximum absolute atomic E-state index is 6.03. The summed E-state index contributed by atoms with van der Waals surface area (Å²) >= 11 is 0. The van der Waals surface area contributed by atoms with Crippen LogP contribution in [0.5, 0.6) is 0 Å². The van der Waals surface area contributed by atoms with E-state index in [9.17, 15) is 0 Å². The van der Waals surface area contributed by atoms with Crippen molar-refractivity contribution in [1.82, 2.24) is 10.1 Å². The van der Waals surface area contributed by atoms with Crippen molar-refractivity contribution < 1.29 is 14.0 Å². The van der Waals surface area contributed by atoms with Gasteiger partial charge in [0.2, 0.25) is 0 Å². The van der Waals surface area contributed by atoms with Gasteiger partial charge in [0.05, 0.1) is 24.0 Å². The van der Waals surface area contributed by atoms with Crippen LogP contribution >= 0.6 is 0 Å². The zero-order valence-corrected chi connectivity index (χ0v) is 12.6. The Morgan fingerprint density at radius 2 is 2.10 bits per heavy atom. The van der Waals surface area contributed by atoms with E-state index >= 15 is 0 Å². The molecule has 0 aromatic carbocycles. The number of hydrogen-bond donors (Lipinski definition) is 0. The quantitative estimate of drug-likeness (QED) is 0.848. The van der Waals surface area contributed by atoms with Gasteiger partial charge in [-0.2, -0.15) is 0 Å². The number of rotatable bonds is 3. The van der Waals surface area contributed by atoms with Gasteiger partial charge in [0.1, 0.15) is 5.76 Å². The number of ether oxygens (including phenoxy) is 2. The molecule has 1 aromatic rings. The molecule has 0 unspecified atom stereocenters. The first-order chi connectivity index (χ1) is 9.62. The third-order valence-corrected chi connectivity index (χ3v) is 4.84. The SMILES string of the molecule is CO[C@@H]1COC2(CCN(Cc3c(C)noc3C)CC2)C1. The molecule has 5 heteroatoms. The van der Waals surface area contributed by atoms with E-state index in [1.165, 1.54) is 5.56 Å². The fraction of sp³-hybridized carbons (Fsp3) is 0.800. The van der Waals surface area contributed by atoms with Crippen molar-refractivity contribution in [2.75, 3.05) is 26.8 Å². The normalized spacial score (nSPS) is 26.4. The summed E-state index contributed by atoms with van der Waals surface area (Å²) in [6.07, 6.45) is 3.51. The van der Waals surface area contributed by atoms with Gasteiger partial charge in [-0.05, 0) is 26.7 Å². The highest BCUT2D eigenvalue weighted by Crippen LogP contribution is 2.37. The maximum atomic E-state index is 6.03. The van der Waals surface area contributed by atoms with Gasteiger partial charge in [0.15, 0.2) is 0 Å². The first-order valence-corrected chi connectivity index (χ1v) is 7.43. The summed E-state index contributed by atoms with van der Waals surface area (Å²) in [5.41, 5.74) is 2.32. The molecular weight excluding hydrogens is 256 g/mol. The number of piperidine rings is 1. The summed E-state index contributed by atoms with van der Waals surface area (Å²) < 4.78 is 16.7. The summed E-state index contributed by atoms with van der Waals surface area (Å²) in [4.78, 5) is 2.47. The largest absolute Gasteiger partial charge is 0.379 e. The maximum Gasteiger partial charge on any atom is 0.138 e. The number of nitrogens with zero attached hydrogens (tertiary/aromatic N) is 2. The van der Waals surface area contributed by atoms with Crippen LogP contribution in [0.1, 0.15) is 36.3 Å². The first-order valence-electron chi connectivity index (χ1n) is 7.43. The van der Waals surface area contributed by atoms with Crippen molar-refractivity contribution in [2.45, 2.75) is 51.4 Å². The van der Waals surface area contributed by atoms with Gasteiger partial charge in [-0.15, -0.1) is 0 Å². The molecule has 1 atom stereocenters. The van der Waals surface area contributed by atoms with E-state index in [-0.39, 0.29) is 11.7 Å². The molecule has 0 aliphatic carbocycles. The molecule has 1 aromatic heterocycles. The molecule has 2 fully saturated rings. The van der Waals surface area contributed by atoms with Crippen LogP contribution in [-0.4, -0.2) is 48.6 Å². The van der Waals surface area contributed by atoms with Crippen LogP contribution < -0.4 is 0 Å². The molecule has 1 spiro atoms. The van der Waals surface area contributed by atoms with Gasteiger partial charge in [-0.3, -0.25) is 4.90 Å². The van der Waals surface area contributed by atoms with Crippen LogP contribution in [-0.2, 0) is 16.0 Å². The predicted molar refractivity (Wildman–Crippen MR) is 74.6 cm³/mol. The third-order valence-electron chi connectivity index (χ3n) is 4.84. The molecule has 3 rings (SSSR count). The Morgan fingerprint density at radius 1 is 1.35 bits per heavy atom. The molecule has 0 radical (unpaired) electrons. The van der Waals surface area contributed by atoms with Crippen LogP contribution in [0.15, 0.2) is 4.52 Å². The van der Waals surface area contributed by atoms with Crippen LogP contribution in [0.2, 0.25) is 0 Å². The summed E-state index contributed by atoms with van der Waals surface area (Å²) in [5.74, 6) is 0.944. The van der Waals surface area contributed by atoms with Crippen molar-refractivity contribution in [2.24, 2.45) is 0 Å². The minimum Gasteiger partial charge on any atom is -0.379 e. The Bertz CT molecular complexity index is 444. The van der Waals surface area contributed by atoms with Crippen LogP contribution in [0, 0.1) is 13.8 Å². The molecule has 3 heterocycles. The Hall–Kier alpha value is -0.910. The molecule has 5 nitrogen and oxygen atoms in total. The van der Waals surface area contributed by atoms with E-state index in [1.807, 2.05) is 13.8 Å². The standard InChI is InChI=1S/C15H24N2O3/c1-11-14(12(2)20-16-11)9-17-6-4-15(5-7-17)8-13(18-3)10-19-15/h13H,4-10H2,1-3H3/t13-/m0/s1. The molecule has 0 bridgehead atoms. The molecule has 2 aliphatic heterocycles. The minimum atomic E-state index is 0.0654. The van der Waals surface area contributed by atoms with Crippen molar-refractivity contribution in [3.05, 3.63) is 17.0 Å². The topological polar surface area (TPSA) is 47.7 Å². The Balaban J connectivity index is 1.57. The highest BCUT2D eigenvalue weighted by atomic mass is 16.6. The highest BCUT2D eigenvalue weighted by Gasteiger charge is 2.42. The number of aryl methyl sites for hydroxylation is 2. The van der Waals surface area contributed by atoms with Crippen molar-refractivity contribution in [3.8, 4) is 0 Å². The molecule has 20 heavy (non-hydrogen) atoms. The van der Waals surface area contributed by atoms with Gasteiger partial charge in [0.25, 0.3) is 0 Å².